The van der Waals surface area contributed by atoms with Gasteiger partial charge in [0.1, 0.15) is 0 Å². The van der Waals surface area contributed by atoms with Gasteiger partial charge in [-0.1, -0.05) is 36.0 Å². The fraction of sp³-hybridized carbons (Fsp3) is 0.647. The van der Waals surface area contributed by atoms with Crippen LogP contribution < -0.4 is 5.01 Å². The molecule has 1 aromatic carbocycles. The summed E-state index contributed by atoms with van der Waals surface area (Å²) in [6.07, 6.45) is 8.41. The van der Waals surface area contributed by atoms with Gasteiger partial charge in [0.25, 0.3) is 0 Å². The van der Waals surface area contributed by atoms with Crippen molar-refractivity contribution in [1.29, 1.82) is 0 Å². The molecule has 3 rings (SSSR count). The molecule has 0 N–H and O–H groups in total. The Morgan fingerprint density at radius 3 is 2.10 bits per heavy atom. The van der Waals surface area contributed by atoms with Gasteiger partial charge in [0.15, 0.2) is 0 Å². The van der Waals surface area contributed by atoms with E-state index in [1.165, 1.54) is 38.5 Å². The highest BCUT2D eigenvalue weighted by atomic mass is 35.5. The minimum atomic E-state index is 0.655. The number of halogens is 2. The maximum atomic E-state index is 6.16. The molecular formula is C17H24Cl2N2. The highest BCUT2D eigenvalue weighted by molar-refractivity contribution is 6.35. The fourth-order valence-electron chi connectivity index (χ4n) is 4.07. The lowest BCUT2D eigenvalue weighted by molar-refractivity contribution is 0.0999. The number of benzene rings is 1. The molecule has 0 aromatic heterocycles. The van der Waals surface area contributed by atoms with Gasteiger partial charge in [-0.15, -0.1) is 0 Å². The van der Waals surface area contributed by atoms with Crippen molar-refractivity contribution < 1.29 is 0 Å². The van der Waals surface area contributed by atoms with Gasteiger partial charge in [-0.05, 0) is 56.2 Å². The Morgan fingerprint density at radius 1 is 1.00 bits per heavy atom. The largest absolute Gasteiger partial charge is 0.306 e. The average Bonchev–Trinajstić information content (AvgIpc) is 2.89. The van der Waals surface area contributed by atoms with Gasteiger partial charge < -0.3 is 5.01 Å². The van der Waals surface area contributed by atoms with Crippen LogP contribution in [0, 0.1) is 5.41 Å². The van der Waals surface area contributed by atoms with Gasteiger partial charge in [0.05, 0.1) is 5.69 Å². The van der Waals surface area contributed by atoms with Crippen molar-refractivity contribution in [2.45, 2.75) is 45.4 Å². The van der Waals surface area contributed by atoms with Crippen LogP contribution >= 0.6 is 23.2 Å². The third-order valence-electron chi connectivity index (χ3n) is 5.25. The number of hydrazine groups is 1. The van der Waals surface area contributed by atoms with Crippen LogP contribution in [0.25, 0.3) is 0 Å². The molecule has 0 bridgehead atoms. The zero-order chi connectivity index (χ0) is 14.9. The van der Waals surface area contributed by atoms with Crippen LogP contribution in [0.15, 0.2) is 18.2 Å². The number of piperidine rings is 1. The molecule has 0 amide bonds. The van der Waals surface area contributed by atoms with Crippen LogP contribution in [0.3, 0.4) is 0 Å². The summed E-state index contributed by atoms with van der Waals surface area (Å²) >= 11 is 12.3. The summed E-state index contributed by atoms with van der Waals surface area (Å²) in [6.45, 7) is 5.44. The van der Waals surface area contributed by atoms with E-state index in [-0.39, 0.29) is 0 Å². The lowest BCUT2D eigenvalue weighted by Crippen LogP contribution is -2.49. The molecule has 1 aliphatic carbocycles. The van der Waals surface area contributed by atoms with E-state index in [2.05, 4.69) is 16.9 Å². The first-order valence-electron chi connectivity index (χ1n) is 8.10. The number of nitrogens with zero attached hydrogens (tertiary/aromatic N) is 2. The highest BCUT2D eigenvalue weighted by Crippen LogP contribution is 2.46. The number of anilines is 1. The van der Waals surface area contributed by atoms with E-state index < -0.39 is 0 Å². The van der Waals surface area contributed by atoms with E-state index in [4.69, 9.17) is 23.2 Å². The van der Waals surface area contributed by atoms with Crippen molar-refractivity contribution in [2.24, 2.45) is 5.41 Å². The van der Waals surface area contributed by atoms with Crippen LogP contribution in [0.4, 0.5) is 5.69 Å². The molecule has 4 heteroatoms. The summed E-state index contributed by atoms with van der Waals surface area (Å²) < 4.78 is 0. The molecule has 1 aromatic rings. The van der Waals surface area contributed by atoms with Crippen LogP contribution in [0.2, 0.25) is 10.0 Å². The van der Waals surface area contributed by atoms with Crippen molar-refractivity contribution in [3.63, 3.8) is 0 Å². The Hall–Kier alpha value is -0.440. The minimum absolute atomic E-state index is 0.655. The van der Waals surface area contributed by atoms with Crippen LogP contribution in [0.5, 0.6) is 0 Å². The molecule has 1 aliphatic heterocycles. The van der Waals surface area contributed by atoms with Crippen molar-refractivity contribution in [3.05, 3.63) is 28.2 Å². The van der Waals surface area contributed by atoms with Crippen LogP contribution in [-0.4, -0.2) is 24.6 Å². The molecule has 2 aliphatic rings. The number of hydrogen-bond donors (Lipinski definition) is 0. The highest BCUT2D eigenvalue weighted by Gasteiger charge is 2.38. The normalized spacial score (nSPS) is 21.9. The Bertz CT molecular complexity index is 467. The molecule has 2 nitrogen and oxygen atoms in total. The fourth-order valence-corrected chi connectivity index (χ4v) is 4.58. The quantitative estimate of drug-likeness (QED) is 0.734. The van der Waals surface area contributed by atoms with Crippen LogP contribution in [0.1, 0.15) is 45.4 Å². The monoisotopic (exact) mass is 326 g/mol. The van der Waals surface area contributed by atoms with Crippen molar-refractivity contribution in [1.82, 2.24) is 5.01 Å². The molecule has 1 heterocycles. The van der Waals surface area contributed by atoms with Crippen molar-refractivity contribution in [2.75, 3.05) is 24.6 Å². The first-order valence-corrected chi connectivity index (χ1v) is 8.86. The third kappa shape index (κ3) is 3.33. The molecule has 21 heavy (non-hydrogen) atoms. The van der Waals surface area contributed by atoms with Gasteiger partial charge in [0, 0.05) is 29.7 Å². The lowest BCUT2D eigenvalue weighted by atomic mass is 9.77. The SMILES string of the molecule is CCN(c1cc(Cl)cc(Cl)c1)N1CCC2(CCCC2)CC1. The molecule has 1 saturated heterocycles. The van der Waals surface area contributed by atoms with E-state index in [0.29, 0.717) is 15.5 Å². The van der Waals surface area contributed by atoms with Gasteiger partial charge in [-0.25, -0.2) is 5.01 Å². The predicted octanol–water partition coefficient (Wildman–Crippen LogP) is 5.39. The molecule has 0 radical (unpaired) electrons. The lowest BCUT2D eigenvalue weighted by Gasteiger charge is -2.44. The van der Waals surface area contributed by atoms with Crippen molar-refractivity contribution >= 4 is 28.9 Å². The summed E-state index contributed by atoms with van der Waals surface area (Å²) in [5, 5.41) is 6.23. The topological polar surface area (TPSA) is 6.48 Å². The summed E-state index contributed by atoms with van der Waals surface area (Å²) in [5.41, 5.74) is 1.76. The summed E-state index contributed by atoms with van der Waals surface area (Å²) in [4.78, 5) is 0. The summed E-state index contributed by atoms with van der Waals surface area (Å²) in [5.74, 6) is 0. The van der Waals surface area contributed by atoms with E-state index in [1.807, 2.05) is 12.1 Å². The molecule has 116 valence electrons. The smallest absolute Gasteiger partial charge is 0.0551 e. The zero-order valence-electron chi connectivity index (χ0n) is 12.7. The first-order chi connectivity index (χ1) is 10.1. The maximum Gasteiger partial charge on any atom is 0.0551 e. The Balaban J connectivity index is 1.72. The second kappa shape index (κ2) is 6.36. The Labute approximate surface area is 138 Å². The molecule has 2 fully saturated rings. The van der Waals surface area contributed by atoms with Crippen LogP contribution in [-0.2, 0) is 0 Å². The van der Waals surface area contributed by atoms with Gasteiger partial charge in [-0.3, -0.25) is 0 Å². The molecule has 1 spiro atoms. The first kappa shape index (κ1) is 15.5. The van der Waals surface area contributed by atoms with E-state index >= 15 is 0 Å². The van der Waals surface area contributed by atoms with Crippen molar-refractivity contribution in [3.8, 4) is 0 Å². The molecule has 0 unspecified atom stereocenters. The molecule has 0 atom stereocenters. The average molecular weight is 327 g/mol. The van der Waals surface area contributed by atoms with E-state index in [0.717, 1.165) is 25.3 Å². The predicted molar refractivity (Wildman–Crippen MR) is 91.2 cm³/mol. The van der Waals surface area contributed by atoms with Gasteiger partial charge in [-0.2, -0.15) is 0 Å². The van der Waals surface area contributed by atoms with E-state index in [9.17, 15) is 0 Å². The van der Waals surface area contributed by atoms with Gasteiger partial charge in [0.2, 0.25) is 0 Å². The number of hydrogen-bond acceptors (Lipinski definition) is 2. The maximum absolute atomic E-state index is 6.16. The molecule has 1 saturated carbocycles. The number of rotatable bonds is 3. The second-order valence-electron chi connectivity index (χ2n) is 6.50. The second-order valence-corrected chi connectivity index (χ2v) is 7.38. The zero-order valence-corrected chi connectivity index (χ0v) is 14.3. The Kier molecular flexibility index (Phi) is 4.68. The summed E-state index contributed by atoms with van der Waals surface area (Å²) in [7, 11) is 0. The third-order valence-corrected chi connectivity index (χ3v) is 5.69. The van der Waals surface area contributed by atoms with E-state index in [1.54, 1.807) is 6.07 Å². The summed E-state index contributed by atoms with van der Waals surface area (Å²) in [6, 6.07) is 5.82. The Morgan fingerprint density at radius 2 is 1.57 bits per heavy atom. The standard InChI is InChI=1S/C17H24Cl2N2/c1-2-21(16-12-14(18)11-15(19)13-16)20-9-7-17(8-10-20)5-3-4-6-17/h11-13H,2-10H2,1H3. The minimum Gasteiger partial charge on any atom is -0.306 e. The van der Waals surface area contributed by atoms with Gasteiger partial charge >= 0.3 is 0 Å². The molecular weight excluding hydrogens is 303 g/mol.